The van der Waals surface area contributed by atoms with Crippen LogP contribution in [0.25, 0.3) is 0 Å². The van der Waals surface area contributed by atoms with Crippen molar-refractivity contribution in [3.8, 4) is 0 Å². The largest absolute Gasteiger partial charge is 0.310 e. The van der Waals surface area contributed by atoms with Gasteiger partial charge < -0.3 is 5.32 Å². The van der Waals surface area contributed by atoms with Gasteiger partial charge in [-0.2, -0.15) is 0 Å². The van der Waals surface area contributed by atoms with Gasteiger partial charge >= 0.3 is 0 Å². The summed E-state index contributed by atoms with van der Waals surface area (Å²) in [5, 5.41) is 14.4. The van der Waals surface area contributed by atoms with Gasteiger partial charge in [-0.25, -0.2) is 0 Å². The lowest BCUT2D eigenvalue weighted by Gasteiger charge is -2.21. The Balaban J connectivity index is 1.92. The van der Waals surface area contributed by atoms with Gasteiger partial charge in [0.2, 0.25) is 0 Å². The van der Waals surface area contributed by atoms with E-state index in [1.807, 2.05) is 12.1 Å². The van der Waals surface area contributed by atoms with Gasteiger partial charge in [0.05, 0.1) is 4.92 Å². The van der Waals surface area contributed by atoms with E-state index in [4.69, 9.17) is 0 Å². The minimum absolute atomic E-state index is 0.223. The van der Waals surface area contributed by atoms with Gasteiger partial charge in [-0.1, -0.05) is 50.3 Å². The number of benzene rings is 1. The van der Waals surface area contributed by atoms with Gasteiger partial charge in [-0.15, -0.1) is 0 Å². The fourth-order valence-corrected chi connectivity index (χ4v) is 2.75. The van der Waals surface area contributed by atoms with Gasteiger partial charge in [0, 0.05) is 24.2 Å². The summed E-state index contributed by atoms with van der Waals surface area (Å²) in [5.41, 5.74) is 1.01. The number of nitrogens with one attached hydrogen (secondary N) is 1. The van der Waals surface area contributed by atoms with E-state index in [2.05, 4.69) is 5.32 Å². The summed E-state index contributed by atoms with van der Waals surface area (Å²) < 4.78 is 0. The fraction of sp³-hybridized carbons (Fsp3) is 0.600. The Morgan fingerprint density at radius 3 is 2.42 bits per heavy atom. The number of nitro benzene ring substituents is 1. The second kappa shape index (κ2) is 7.24. The standard InChI is InChI=1S/C15H22N2O2/c18-17(19)15-11-7-6-8-13(15)12-16-14-9-4-2-1-3-5-10-14/h6-8,11,14,16H,1-5,9-10,12H2. The highest BCUT2D eigenvalue weighted by Crippen LogP contribution is 2.20. The van der Waals surface area contributed by atoms with E-state index in [-0.39, 0.29) is 10.6 Å². The van der Waals surface area contributed by atoms with Crippen molar-refractivity contribution in [2.75, 3.05) is 0 Å². The molecule has 0 heterocycles. The molecule has 1 aromatic carbocycles. The van der Waals surface area contributed by atoms with Crippen molar-refractivity contribution in [3.63, 3.8) is 0 Å². The Labute approximate surface area is 114 Å². The van der Waals surface area contributed by atoms with Crippen LogP contribution in [0.3, 0.4) is 0 Å². The normalized spacial score (nSPS) is 17.7. The zero-order chi connectivity index (χ0) is 13.5. The van der Waals surface area contributed by atoms with Crippen LogP contribution in [0.2, 0.25) is 0 Å². The maximum Gasteiger partial charge on any atom is 0.273 e. The monoisotopic (exact) mass is 262 g/mol. The molecule has 0 saturated heterocycles. The maximum atomic E-state index is 11.0. The molecule has 1 aromatic rings. The van der Waals surface area contributed by atoms with Gasteiger partial charge in [-0.3, -0.25) is 10.1 Å². The van der Waals surface area contributed by atoms with Gasteiger partial charge in [0.15, 0.2) is 0 Å². The summed E-state index contributed by atoms with van der Waals surface area (Å²) in [6, 6.07) is 7.52. The van der Waals surface area contributed by atoms with Gasteiger partial charge in [-0.05, 0) is 12.8 Å². The molecule has 4 nitrogen and oxygen atoms in total. The van der Waals surface area contributed by atoms with Crippen molar-refractivity contribution in [3.05, 3.63) is 39.9 Å². The Morgan fingerprint density at radius 1 is 1.11 bits per heavy atom. The molecular formula is C15H22N2O2. The van der Waals surface area contributed by atoms with E-state index in [0.29, 0.717) is 12.6 Å². The van der Waals surface area contributed by atoms with E-state index in [1.54, 1.807) is 12.1 Å². The third kappa shape index (κ3) is 4.31. The summed E-state index contributed by atoms with van der Waals surface area (Å²) >= 11 is 0. The molecule has 0 spiro atoms. The fourth-order valence-electron chi connectivity index (χ4n) is 2.75. The lowest BCUT2D eigenvalue weighted by molar-refractivity contribution is -0.385. The van der Waals surface area contributed by atoms with Crippen molar-refractivity contribution >= 4 is 5.69 Å². The second-order valence-electron chi connectivity index (χ2n) is 5.31. The van der Waals surface area contributed by atoms with E-state index in [0.717, 1.165) is 5.56 Å². The molecule has 1 N–H and O–H groups in total. The zero-order valence-corrected chi connectivity index (χ0v) is 11.3. The minimum atomic E-state index is -0.296. The zero-order valence-electron chi connectivity index (χ0n) is 11.3. The highest BCUT2D eigenvalue weighted by Gasteiger charge is 2.15. The summed E-state index contributed by atoms with van der Waals surface area (Å²) in [7, 11) is 0. The predicted molar refractivity (Wildman–Crippen MR) is 76.0 cm³/mol. The van der Waals surface area contributed by atoms with Crippen LogP contribution in [-0.4, -0.2) is 11.0 Å². The molecule has 0 unspecified atom stereocenters. The Hall–Kier alpha value is -1.42. The quantitative estimate of drug-likeness (QED) is 0.663. The second-order valence-corrected chi connectivity index (χ2v) is 5.31. The van der Waals surface area contributed by atoms with Crippen LogP contribution >= 0.6 is 0 Å². The van der Waals surface area contributed by atoms with Gasteiger partial charge in [0.25, 0.3) is 5.69 Å². The van der Waals surface area contributed by atoms with Crippen molar-refractivity contribution < 1.29 is 4.92 Å². The molecule has 0 radical (unpaired) electrons. The number of para-hydroxylation sites is 1. The molecule has 1 saturated carbocycles. The first kappa shape index (κ1) is 14.0. The number of nitro groups is 1. The number of nitrogens with zero attached hydrogens (tertiary/aromatic N) is 1. The topological polar surface area (TPSA) is 55.2 Å². The summed E-state index contributed by atoms with van der Waals surface area (Å²) in [4.78, 5) is 10.7. The van der Waals surface area contributed by atoms with Crippen LogP contribution < -0.4 is 5.32 Å². The van der Waals surface area contributed by atoms with E-state index < -0.39 is 0 Å². The van der Waals surface area contributed by atoms with E-state index in [9.17, 15) is 10.1 Å². The minimum Gasteiger partial charge on any atom is -0.310 e. The van der Waals surface area contributed by atoms with Crippen molar-refractivity contribution in [1.82, 2.24) is 5.32 Å². The molecule has 0 atom stereocenters. The van der Waals surface area contributed by atoms with Crippen LogP contribution in [0.1, 0.15) is 50.5 Å². The highest BCUT2D eigenvalue weighted by atomic mass is 16.6. The maximum absolute atomic E-state index is 11.0. The molecule has 2 rings (SSSR count). The molecular weight excluding hydrogens is 240 g/mol. The number of hydrogen-bond acceptors (Lipinski definition) is 3. The molecule has 1 fully saturated rings. The number of rotatable bonds is 4. The van der Waals surface area contributed by atoms with Crippen LogP contribution in [0, 0.1) is 10.1 Å². The van der Waals surface area contributed by atoms with E-state index in [1.165, 1.54) is 44.9 Å². The van der Waals surface area contributed by atoms with Crippen LogP contribution in [0.15, 0.2) is 24.3 Å². The molecule has 0 amide bonds. The molecule has 0 bridgehead atoms. The lowest BCUT2D eigenvalue weighted by Crippen LogP contribution is -2.29. The van der Waals surface area contributed by atoms with Crippen LogP contribution in [0.4, 0.5) is 5.69 Å². The molecule has 1 aliphatic carbocycles. The first-order chi connectivity index (χ1) is 9.27. The average Bonchev–Trinajstić information content (AvgIpc) is 2.37. The first-order valence-electron chi connectivity index (χ1n) is 7.23. The van der Waals surface area contributed by atoms with Crippen LogP contribution in [0.5, 0.6) is 0 Å². The molecule has 104 valence electrons. The summed E-state index contributed by atoms with van der Waals surface area (Å²) in [6.07, 6.45) is 8.94. The van der Waals surface area contributed by atoms with Crippen LogP contribution in [-0.2, 0) is 6.54 Å². The Bertz CT molecular complexity index is 412. The molecule has 1 aliphatic rings. The van der Waals surface area contributed by atoms with Gasteiger partial charge in [0.1, 0.15) is 0 Å². The lowest BCUT2D eigenvalue weighted by atomic mass is 9.96. The highest BCUT2D eigenvalue weighted by molar-refractivity contribution is 5.39. The van der Waals surface area contributed by atoms with Crippen molar-refractivity contribution in [2.24, 2.45) is 0 Å². The molecule has 0 aliphatic heterocycles. The molecule has 19 heavy (non-hydrogen) atoms. The van der Waals surface area contributed by atoms with Crippen molar-refractivity contribution in [2.45, 2.75) is 57.5 Å². The van der Waals surface area contributed by atoms with E-state index >= 15 is 0 Å². The molecule has 0 aromatic heterocycles. The Kier molecular flexibility index (Phi) is 5.33. The predicted octanol–water partition coefficient (Wildman–Crippen LogP) is 3.80. The third-order valence-corrected chi connectivity index (χ3v) is 3.87. The third-order valence-electron chi connectivity index (χ3n) is 3.87. The SMILES string of the molecule is O=[N+]([O-])c1ccccc1CNC1CCCCCCC1. The summed E-state index contributed by atoms with van der Waals surface area (Å²) in [6.45, 7) is 0.599. The number of hydrogen-bond donors (Lipinski definition) is 1. The Morgan fingerprint density at radius 2 is 1.74 bits per heavy atom. The first-order valence-corrected chi connectivity index (χ1v) is 7.23. The summed E-state index contributed by atoms with van der Waals surface area (Å²) in [5.74, 6) is 0. The molecule has 4 heteroatoms. The van der Waals surface area contributed by atoms with Crippen molar-refractivity contribution in [1.29, 1.82) is 0 Å². The average molecular weight is 262 g/mol. The smallest absolute Gasteiger partial charge is 0.273 e.